The van der Waals surface area contributed by atoms with Gasteiger partial charge < -0.3 is 15.7 Å². The molecule has 0 radical (unpaired) electrons. The minimum atomic E-state index is -0.372. The Balaban J connectivity index is 1.50. The summed E-state index contributed by atoms with van der Waals surface area (Å²) in [6.07, 6.45) is 0.903. The number of thiazole rings is 1. The minimum Gasteiger partial charge on any atom is -0.507 e. The van der Waals surface area contributed by atoms with E-state index in [0.29, 0.717) is 6.54 Å². The maximum absolute atomic E-state index is 13.1. The molecule has 0 aliphatic carbocycles. The SMILES string of the molecule is O=C(NCc1nc2c(s1)CNCC2)c1cc(-c2ccc(F)cc2)ccc1O. The van der Waals surface area contributed by atoms with Crippen molar-refractivity contribution in [3.05, 3.63) is 69.4 Å². The van der Waals surface area contributed by atoms with Gasteiger partial charge in [0.2, 0.25) is 0 Å². The minimum absolute atomic E-state index is 0.0963. The van der Waals surface area contributed by atoms with E-state index in [9.17, 15) is 14.3 Å². The molecule has 1 amide bonds. The number of aromatic nitrogens is 1. The van der Waals surface area contributed by atoms with E-state index in [-0.39, 0.29) is 23.0 Å². The Bertz CT molecular complexity index is 962. The molecule has 138 valence electrons. The summed E-state index contributed by atoms with van der Waals surface area (Å²) in [6, 6.07) is 10.8. The highest BCUT2D eigenvalue weighted by molar-refractivity contribution is 7.11. The Labute approximate surface area is 159 Å². The number of fused-ring (bicyclic) bond motifs is 1. The lowest BCUT2D eigenvalue weighted by atomic mass is 10.0. The molecule has 0 bridgehead atoms. The lowest BCUT2D eigenvalue weighted by Crippen LogP contribution is -2.23. The van der Waals surface area contributed by atoms with Gasteiger partial charge in [-0.2, -0.15) is 0 Å². The van der Waals surface area contributed by atoms with Crippen molar-refractivity contribution in [2.24, 2.45) is 0 Å². The van der Waals surface area contributed by atoms with E-state index < -0.39 is 0 Å². The average molecular weight is 383 g/mol. The monoisotopic (exact) mass is 383 g/mol. The number of hydrogen-bond donors (Lipinski definition) is 3. The highest BCUT2D eigenvalue weighted by Gasteiger charge is 2.17. The highest BCUT2D eigenvalue weighted by Crippen LogP contribution is 2.27. The Morgan fingerprint density at radius 2 is 2.00 bits per heavy atom. The largest absolute Gasteiger partial charge is 0.507 e. The zero-order chi connectivity index (χ0) is 18.8. The van der Waals surface area contributed by atoms with Gasteiger partial charge in [-0.25, -0.2) is 9.37 Å². The summed E-state index contributed by atoms with van der Waals surface area (Å²) >= 11 is 1.59. The maximum Gasteiger partial charge on any atom is 0.255 e. The second-order valence-corrected chi connectivity index (χ2v) is 7.49. The van der Waals surface area contributed by atoms with Gasteiger partial charge in [0.1, 0.15) is 16.6 Å². The molecule has 0 saturated heterocycles. The molecule has 3 N–H and O–H groups in total. The van der Waals surface area contributed by atoms with Crippen molar-refractivity contribution in [1.82, 2.24) is 15.6 Å². The van der Waals surface area contributed by atoms with E-state index in [1.807, 2.05) is 0 Å². The number of rotatable bonds is 4. The van der Waals surface area contributed by atoms with Crippen LogP contribution in [0.4, 0.5) is 4.39 Å². The molecular formula is C20H18FN3O2S. The van der Waals surface area contributed by atoms with Crippen molar-refractivity contribution in [3.8, 4) is 16.9 Å². The van der Waals surface area contributed by atoms with E-state index in [1.54, 1.807) is 35.6 Å². The Kier molecular flexibility index (Phi) is 4.87. The first-order chi connectivity index (χ1) is 13.1. The van der Waals surface area contributed by atoms with Gasteiger partial charge in [-0.05, 0) is 35.4 Å². The molecule has 7 heteroatoms. The van der Waals surface area contributed by atoms with Crippen LogP contribution in [0.1, 0.15) is 25.9 Å². The standard InChI is InChI=1S/C20H18FN3O2S/c21-14-4-1-12(2-5-14)13-3-6-17(25)15(9-13)20(26)23-11-19-24-16-7-8-22-10-18(16)27-19/h1-6,9,22,25H,7-8,10-11H2,(H,23,26). The molecule has 3 aromatic rings. The summed E-state index contributed by atoms with van der Waals surface area (Å²) in [5.74, 6) is -0.791. The third-order valence-corrected chi connectivity index (χ3v) is 5.56. The van der Waals surface area contributed by atoms with Crippen molar-refractivity contribution in [1.29, 1.82) is 0 Å². The van der Waals surface area contributed by atoms with Crippen LogP contribution in [-0.4, -0.2) is 22.5 Å². The molecule has 1 aromatic heterocycles. The number of halogens is 1. The van der Waals surface area contributed by atoms with E-state index in [1.165, 1.54) is 23.1 Å². The smallest absolute Gasteiger partial charge is 0.255 e. The molecule has 0 atom stereocenters. The topological polar surface area (TPSA) is 74.2 Å². The van der Waals surface area contributed by atoms with Gasteiger partial charge in [0.05, 0.1) is 17.8 Å². The summed E-state index contributed by atoms with van der Waals surface area (Å²) in [6.45, 7) is 2.06. The van der Waals surface area contributed by atoms with Gasteiger partial charge in [-0.1, -0.05) is 18.2 Å². The molecule has 0 saturated carbocycles. The molecule has 5 nitrogen and oxygen atoms in total. The van der Waals surface area contributed by atoms with Crippen LogP contribution in [0.5, 0.6) is 5.75 Å². The van der Waals surface area contributed by atoms with Crippen LogP contribution in [0.25, 0.3) is 11.1 Å². The fraction of sp³-hybridized carbons (Fsp3) is 0.200. The number of nitrogens with zero attached hydrogens (tertiary/aromatic N) is 1. The summed E-state index contributed by atoms with van der Waals surface area (Å²) in [5, 5.41) is 17.1. The van der Waals surface area contributed by atoms with Crippen LogP contribution >= 0.6 is 11.3 Å². The third-order valence-electron chi connectivity index (χ3n) is 4.47. The number of carbonyl (C=O) groups excluding carboxylic acids is 1. The number of phenolic OH excluding ortho intramolecular Hbond substituents is 1. The van der Waals surface area contributed by atoms with Crippen LogP contribution in [0, 0.1) is 5.82 Å². The number of phenols is 1. The van der Waals surface area contributed by atoms with E-state index in [2.05, 4.69) is 15.6 Å². The van der Waals surface area contributed by atoms with Crippen molar-refractivity contribution < 1.29 is 14.3 Å². The number of aromatic hydroxyl groups is 1. The van der Waals surface area contributed by atoms with Crippen LogP contribution < -0.4 is 10.6 Å². The van der Waals surface area contributed by atoms with Gasteiger partial charge in [0, 0.05) is 24.4 Å². The number of amides is 1. The first kappa shape index (κ1) is 17.6. The van der Waals surface area contributed by atoms with E-state index in [0.717, 1.165) is 41.3 Å². The van der Waals surface area contributed by atoms with Crippen LogP contribution in [0.2, 0.25) is 0 Å². The van der Waals surface area contributed by atoms with Crippen molar-refractivity contribution in [2.75, 3.05) is 6.54 Å². The predicted octanol–water partition coefficient (Wildman–Crippen LogP) is 3.23. The van der Waals surface area contributed by atoms with Gasteiger partial charge in [0.25, 0.3) is 5.91 Å². The first-order valence-electron chi connectivity index (χ1n) is 8.65. The summed E-state index contributed by atoms with van der Waals surface area (Å²) in [7, 11) is 0. The van der Waals surface area contributed by atoms with Crippen LogP contribution in [0.3, 0.4) is 0 Å². The molecule has 1 aliphatic rings. The second kappa shape index (κ2) is 7.46. The van der Waals surface area contributed by atoms with E-state index >= 15 is 0 Å². The summed E-state index contributed by atoms with van der Waals surface area (Å²) in [5.41, 5.74) is 2.78. The fourth-order valence-electron chi connectivity index (χ4n) is 3.05. The normalized spacial score (nSPS) is 13.2. The Hall–Kier alpha value is -2.77. The molecule has 1 aliphatic heterocycles. The molecule has 2 heterocycles. The van der Waals surface area contributed by atoms with Gasteiger partial charge in [-0.3, -0.25) is 4.79 Å². The van der Waals surface area contributed by atoms with Gasteiger partial charge >= 0.3 is 0 Å². The number of carbonyl (C=O) groups is 1. The van der Waals surface area contributed by atoms with E-state index in [4.69, 9.17) is 0 Å². The molecule has 2 aromatic carbocycles. The van der Waals surface area contributed by atoms with Crippen molar-refractivity contribution >= 4 is 17.2 Å². The Morgan fingerprint density at radius 1 is 1.22 bits per heavy atom. The third kappa shape index (κ3) is 3.84. The second-order valence-electron chi connectivity index (χ2n) is 6.33. The zero-order valence-electron chi connectivity index (χ0n) is 14.5. The first-order valence-corrected chi connectivity index (χ1v) is 9.47. The fourth-order valence-corrected chi connectivity index (χ4v) is 4.07. The molecular weight excluding hydrogens is 365 g/mol. The molecule has 27 heavy (non-hydrogen) atoms. The molecule has 0 unspecified atom stereocenters. The van der Waals surface area contributed by atoms with Gasteiger partial charge in [-0.15, -0.1) is 11.3 Å². The number of hydrogen-bond acceptors (Lipinski definition) is 5. The summed E-state index contributed by atoms with van der Waals surface area (Å²) in [4.78, 5) is 18.3. The zero-order valence-corrected chi connectivity index (χ0v) is 15.3. The lowest BCUT2D eigenvalue weighted by molar-refractivity contribution is 0.0948. The van der Waals surface area contributed by atoms with Crippen molar-refractivity contribution in [3.63, 3.8) is 0 Å². The number of benzene rings is 2. The molecule has 4 rings (SSSR count). The Morgan fingerprint density at radius 3 is 2.78 bits per heavy atom. The molecule has 0 spiro atoms. The predicted molar refractivity (Wildman–Crippen MR) is 102 cm³/mol. The number of nitrogens with one attached hydrogen (secondary N) is 2. The molecule has 0 fully saturated rings. The highest BCUT2D eigenvalue weighted by atomic mass is 32.1. The maximum atomic E-state index is 13.1. The summed E-state index contributed by atoms with van der Waals surface area (Å²) < 4.78 is 13.1. The van der Waals surface area contributed by atoms with Crippen molar-refractivity contribution in [2.45, 2.75) is 19.5 Å². The van der Waals surface area contributed by atoms with Crippen LogP contribution in [-0.2, 0) is 19.5 Å². The quantitative estimate of drug-likeness (QED) is 0.647. The van der Waals surface area contributed by atoms with Gasteiger partial charge in [0.15, 0.2) is 0 Å². The van der Waals surface area contributed by atoms with Crippen LogP contribution in [0.15, 0.2) is 42.5 Å². The average Bonchev–Trinajstić information content (AvgIpc) is 3.10. The lowest BCUT2D eigenvalue weighted by Gasteiger charge is -2.09.